The summed E-state index contributed by atoms with van der Waals surface area (Å²) >= 11 is 6.24. The number of hydrogen-bond donors (Lipinski definition) is 1. The summed E-state index contributed by atoms with van der Waals surface area (Å²) in [6.07, 6.45) is 3.46. The minimum Gasteiger partial charge on any atom is -0.489 e. The first kappa shape index (κ1) is 20.9. The van der Waals surface area contributed by atoms with Gasteiger partial charge in [0.1, 0.15) is 23.2 Å². The number of fused-ring (bicyclic) bond motifs is 3. The maximum atomic E-state index is 15.5. The third-order valence-electron chi connectivity index (χ3n) is 6.33. The molecule has 0 unspecified atom stereocenters. The summed E-state index contributed by atoms with van der Waals surface area (Å²) in [7, 11) is 1.70. The van der Waals surface area contributed by atoms with Crippen LogP contribution in [0.15, 0.2) is 30.5 Å². The highest BCUT2D eigenvalue weighted by Gasteiger charge is 2.30. The van der Waals surface area contributed by atoms with Crippen molar-refractivity contribution in [3.05, 3.63) is 58.0 Å². The van der Waals surface area contributed by atoms with Crippen molar-refractivity contribution in [2.24, 2.45) is 7.05 Å². The smallest absolute Gasteiger partial charge is 0.152 e. The van der Waals surface area contributed by atoms with Crippen LogP contribution in [-0.2, 0) is 25.0 Å². The summed E-state index contributed by atoms with van der Waals surface area (Å²) in [5, 5.41) is 15.2. The average Bonchev–Trinajstić information content (AvgIpc) is 3.34. The van der Waals surface area contributed by atoms with E-state index in [4.69, 9.17) is 26.8 Å². The Morgan fingerprint density at radius 1 is 1.26 bits per heavy atom. The number of nitrogens with two attached hydrogens (primary N) is 1. The molecule has 34 heavy (non-hydrogen) atoms. The van der Waals surface area contributed by atoms with Gasteiger partial charge < -0.3 is 15.2 Å². The Labute approximate surface area is 199 Å². The number of anilines is 1. The van der Waals surface area contributed by atoms with Gasteiger partial charge in [0, 0.05) is 29.6 Å². The van der Waals surface area contributed by atoms with Gasteiger partial charge >= 0.3 is 0 Å². The van der Waals surface area contributed by atoms with Gasteiger partial charge in [0.15, 0.2) is 5.82 Å². The maximum absolute atomic E-state index is 15.5. The number of ether oxygens (including phenoxy) is 2. The van der Waals surface area contributed by atoms with Crippen molar-refractivity contribution in [3.8, 4) is 34.2 Å². The third-order valence-corrected chi connectivity index (χ3v) is 6.60. The number of pyridine rings is 1. The number of nitrogen functional groups attached to an aromatic ring is 1. The van der Waals surface area contributed by atoms with Crippen molar-refractivity contribution in [1.82, 2.24) is 14.8 Å². The maximum Gasteiger partial charge on any atom is 0.152 e. The summed E-state index contributed by atoms with van der Waals surface area (Å²) in [6, 6.07) is 9.27. The van der Waals surface area contributed by atoms with Gasteiger partial charge in [-0.3, -0.25) is 4.68 Å². The first-order chi connectivity index (χ1) is 16.5. The third kappa shape index (κ3) is 3.20. The molecule has 170 valence electrons. The highest BCUT2D eigenvalue weighted by Crippen LogP contribution is 2.43. The SMILES string of the molecule is Cn1ncc(-c2ccc3c4c(c(N)nc3c2)COC4)c1-c1c(F)c(Cl)cc(OC2CC2)c1C#N. The molecule has 1 fully saturated rings. The Balaban J connectivity index is 1.56. The Bertz CT molecular complexity index is 1540. The van der Waals surface area contributed by atoms with E-state index in [1.807, 2.05) is 18.2 Å². The van der Waals surface area contributed by atoms with Crippen LogP contribution in [0, 0.1) is 17.1 Å². The standard InChI is InChI=1S/C25H19ClFN5O2/c1-32-24(22-15(8-28)21(34-13-3-4-13)7-19(26)23(22)27)16(9-30-32)12-2-5-14-17-10-33-11-18(17)25(29)31-20(14)6-12/h2,5-7,9,13H,3-4,10-11H2,1H3,(H2,29,31). The van der Waals surface area contributed by atoms with Gasteiger partial charge in [0.05, 0.1) is 47.3 Å². The van der Waals surface area contributed by atoms with Crippen molar-refractivity contribution < 1.29 is 13.9 Å². The van der Waals surface area contributed by atoms with Crippen LogP contribution in [-0.4, -0.2) is 20.9 Å². The number of benzene rings is 2. The molecule has 2 aliphatic rings. The molecule has 9 heteroatoms. The first-order valence-corrected chi connectivity index (χ1v) is 11.2. The minimum absolute atomic E-state index is 0.0233. The zero-order chi connectivity index (χ0) is 23.6. The first-order valence-electron chi connectivity index (χ1n) is 10.9. The van der Waals surface area contributed by atoms with Crippen molar-refractivity contribution >= 4 is 28.3 Å². The van der Waals surface area contributed by atoms with Crippen molar-refractivity contribution in [2.45, 2.75) is 32.2 Å². The van der Waals surface area contributed by atoms with Gasteiger partial charge in [-0.2, -0.15) is 10.4 Å². The van der Waals surface area contributed by atoms with Crippen LogP contribution in [0.25, 0.3) is 33.3 Å². The summed E-state index contributed by atoms with van der Waals surface area (Å²) in [5.74, 6) is 0.0319. The van der Waals surface area contributed by atoms with E-state index < -0.39 is 5.82 Å². The van der Waals surface area contributed by atoms with Crippen LogP contribution in [0.2, 0.25) is 5.02 Å². The molecule has 0 bridgehead atoms. The molecule has 2 aromatic heterocycles. The van der Waals surface area contributed by atoms with E-state index in [1.165, 1.54) is 10.7 Å². The second kappa shape index (κ2) is 7.69. The number of halogens is 2. The topological polar surface area (TPSA) is 99.0 Å². The zero-order valence-electron chi connectivity index (χ0n) is 18.2. The van der Waals surface area contributed by atoms with Crippen LogP contribution in [0.4, 0.5) is 10.2 Å². The molecule has 0 spiro atoms. The van der Waals surface area contributed by atoms with E-state index in [-0.39, 0.29) is 28.0 Å². The van der Waals surface area contributed by atoms with E-state index in [9.17, 15) is 5.26 Å². The fourth-order valence-electron chi connectivity index (χ4n) is 4.48. The predicted molar refractivity (Wildman–Crippen MR) is 126 cm³/mol. The quantitative estimate of drug-likeness (QED) is 0.440. The minimum atomic E-state index is -0.690. The normalized spacial score (nSPS) is 14.9. The molecule has 2 aromatic carbocycles. The van der Waals surface area contributed by atoms with Crippen molar-refractivity contribution in [2.75, 3.05) is 5.73 Å². The Kier molecular flexibility index (Phi) is 4.73. The average molecular weight is 476 g/mol. The summed E-state index contributed by atoms with van der Waals surface area (Å²) in [4.78, 5) is 4.56. The fourth-order valence-corrected chi connectivity index (χ4v) is 4.68. The van der Waals surface area contributed by atoms with Gasteiger partial charge in [-0.25, -0.2) is 9.37 Å². The van der Waals surface area contributed by atoms with E-state index in [0.29, 0.717) is 35.8 Å². The predicted octanol–water partition coefficient (Wildman–Crippen LogP) is 5.12. The molecule has 0 atom stereocenters. The number of nitrogens with zero attached hydrogens (tertiary/aromatic N) is 4. The van der Waals surface area contributed by atoms with Crippen molar-refractivity contribution in [1.29, 1.82) is 5.26 Å². The van der Waals surface area contributed by atoms with E-state index >= 15 is 4.39 Å². The van der Waals surface area contributed by atoms with Gasteiger partial charge in [0.2, 0.25) is 0 Å². The molecule has 0 saturated heterocycles. The lowest BCUT2D eigenvalue weighted by Gasteiger charge is -2.15. The molecule has 0 amide bonds. The second-order valence-corrected chi connectivity index (χ2v) is 8.97. The van der Waals surface area contributed by atoms with Crippen LogP contribution >= 0.6 is 11.6 Å². The Morgan fingerprint density at radius 2 is 2.06 bits per heavy atom. The number of nitriles is 1. The lowest BCUT2D eigenvalue weighted by atomic mass is 9.95. The van der Waals surface area contributed by atoms with Crippen LogP contribution in [0.3, 0.4) is 0 Å². The summed E-state index contributed by atoms with van der Waals surface area (Å²) < 4.78 is 28.4. The molecule has 2 N–H and O–H groups in total. The molecular formula is C25H19ClFN5O2. The lowest BCUT2D eigenvalue weighted by molar-refractivity contribution is 0.135. The highest BCUT2D eigenvalue weighted by atomic mass is 35.5. The van der Waals surface area contributed by atoms with E-state index in [0.717, 1.165) is 34.9 Å². The van der Waals surface area contributed by atoms with Gasteiger partial charge in [0.25, 0.3) is 0 Å². The van der Waals surface area contributed by atoms with Gasteiger partial charge in [-0.1, -0.05) is 23.7 Å². The molecule has 4 aromatic rings. The molecule has 7 nitrogen and oxygen atoms in total. The summed E-state index contributed by atoms with van der Waals surface area (Å²) in [6.45, 7) is 0.938. The largest absolute Gasteiger partial charge is 0.489 e. The van der Waals surface area contributed by atoms with Gasteiger partial charge in [-0.05, 0) is 30.0 Å². The molecular weight excluding hydrogens is 457 g/mol. The van der Waals surface area contributed by atoms with Crippen LogP contribution in [0.5, 0.6) is 5.75 Å². The van der Waals surface area contributed by atoms with Crippen LogP contribution < -0.4 is 10.5 Å². The Hall–Kier alpha value is -3.67. The number of rotatable bonds is 4. The molecule has 1 aliphatic carbocycles. The second-order valence-electron chi connectivity index (χ2n) is 8.56. The fraction of sp³-hybridized carbons (Fsp3) is 0.240. The van der Waals surface area contributed by atoms with Crippen molar-refractivity contribution in [3.63, 3.8) is 0 Å². The zero-order valence-corrected chi connectivity index (χ0v) is 19.0. The highest BCUT2D eigenvalue weighted by molar-refractivity contribution is 6.31. The Morgan fingerprint density at radius 3 is 2.82 bits per heavy atom. The lowest BCUT2D eigenvalue weighted by Crippen LogP contribution is -2.05. The summed E-state index contributed by atoms with van der Waals surface area (Å²) in [5.41, 5.74) is 10.8. The molecule has 1 aliphatic heterocycles. The number of aromatic nitrogens is 3. The monoisotopic (exact) mass is 475 g/mol. The number of aryl methyl sites for hydroxylation is 1. The molecule has 3 heterocycles. The molecule has 1 saturated carbocycles. The van der Waals surface area contributed by atoms with Crippen LogP contribution in [0.1, 0.15) is 29.5 Å². The number of hydrogen-bond acceptors (Lipinski definition) is 6. The van der Waals surface area contributed by atoms with E-state index in [2.05, 4.69) is 16.2 Å². The van der Waals surface area contributed by atoms with E-state index in [1.54, 1.807) is 13.2 Å². The van der Waals surface area contributed by atoms with Gasteiger partial charge in [-0.15, -0.1) is 0 Å². The molecule has 0 radical (unpaired) electrons. The molecule has 6 rings (SSSR count).